The highest BCUT2D eigenvalue weighted by atomic mass is 35.5. The second kappa shape index (κ2) is 7.57. The zero-order chi connectivity index (χ0) is 20.4. The number of H-pyrrole nitrogens is 1. The number of anilines is 1. The largest absolute Gasteiger partial charge is 0.495 e. The first kappa shape index (κ1) is 19.2. The van der Waals surface area contributed by atoms with Crippen molar-refractivity contribution in [1.29, 1.82) is 0 Å². The van der Waals surface area contributed by atoms with Gasteiger partial charge in [0, 0.05) is 33.6 Å². The Morgan fingerprint density at radius 3 is 2.68 bits per heavy atom. The van der Waals surface area contributed by atoms with E-state index in [1.54, 1.807) is 18.2 Å². The van der Waals surface area contributed by atoms with Crippen LogP contribution in [0.25, 0.3) is 10.9 Å². The molecule has 144 valence electrons. The number of carbonyl (C=O) groups is 2. The second-order valence-corrected chi connectivity index (χ2v) is 6.28. The summed E-state index contributed by atoms with van der Waals surface area (Å²) >= 11 is 5.99. The van der Waals surface area contributed by atoms with Gasteiger partial charge in [0.15, 0.2) is 0 Å². The number of carbonyl (C=O) groups excluding carboxylic acids is 1. The minimum absolute atomic E-state index is 0.108. The molecule has 3 N–H and O–H groups in total. The molecule has 3 aromatic rings. The van der Waals surface area contributed by atoms with E-state index in [0.29, 0.717) is 15.9 Å². The monoisotopic (exact) mass is 403 g/mol. The van der Waals surface area contributed by atoms with E-state index in [4.69, 9.17) is 16.3 Å². The predicted octanol–water partition coefficient (Wildman–Crippen LogP) is 3.62. The number of amides is 1. The van der Waals surface area contributed by atoms with Crippen LogP contribution in [0, 0.1) is 10.1 Å². The van der Waals surface area contributed by atoms with E-state index >= 15 is 0 Å². The number of nitro benzene ring substituents is 1. The molecule has 0 aliphatic heterocycles. The first-order valence-corrected chi connectivity index (χ1v) is 8.33. The molecule has 0 unspecified atom stereocenters. The van der Waals surface area contributed by atoms with Crippen LogP contribution < -0.4 is 10.1 Å². The molecule has 0 atom stereocenters. The van der Waals surface area contributed by atoms with Gasteiger partial charge in [-0.15, -0.1) is 0 Å². The number of nitrogens with one attached hydrogen (secondary N) is 2. The van der Waals surface area contributed by atoms with Crippen LogP contribution in [0.4, 0.5) is 11.4 Å². The van der Waals surface area contributed by atoms with Crippen molar-refractivity contribution in [3.63, 3.8) is 0 Å². The van der Waals surface area contributed by atoms with Crippen molar-refractivity contribution >= 4 is 45.8 Å². The molecule has 0 bridgehead atoms. The number of methoxy groups -OCH3 is 1. The molecule has 0 spiro atoms. The number of carboxylic acids is 1. The summed E-state index contributed by atoms with van der Waals surface area (Å²) in [6.07, 6.45) is -0.284. The highest BCUT2D eigenvalue weighted by Crippen LogP contribution is 2.30. The minimum Gasteiger partial charge on any atom is -0.495 e. The standard InChI is InChI=1S/C18H14ClN3O6/c1-28-15-5-3-10(22(26)27)7-14(15)20-16(23)8-12-11-6-9(19)2-4-13(11)21-17(12)18(24)25/h2-7,21H,8H2,1H3,(H,20,23)(H,24,25). The molecule has 0 saturated heterocycles. The number of benzene rings is 2. The first-order valence-electron chi connectivity index (χ1n) is 7.96. The zero-order valence-electron chi connectivity index (χ0n) is 14.5. The molecule has 0 saturated carbocycles. The van der Waals surface area contributed by atoms with Gasteiger partial charge in [0.2, 0.25) is 5.91 Å². The molecule has 1 amide bonds. The maximum absolute atomic E-state index is 12.6. The average Bonchev–Trinajstić information content (AvgIpc) is 2.99. The van der Waals surface area contributed by atoms with E-state index in [1.807, 2.05) is 0 Å². The summed E-state index contributed by atoms with van der Waals surface area (Å²) in [5, 5.41) is 23.8. The SMILES string of the molecule is COc1ccc([N+](=O)[O-])cc1NC(=O)Cc1c(C(=O)O)[nH]c2ccc(Cl)cc12. The molecule has 3 rings (SSSR count). The van der Waals surface area contributed by atoms with Gasteiger partial charge in [0.1, 0.15) is 11.4 Å². The van der Waals surface area contributed by atoms with Crippen molar-refractivity contribution in [3.8, 4) is 5.75 Å². The molecule has 9 nitrogen and oxygen atoms in total. The molecule has 28 heavy (non-hydrogen) atoms. The van der Waals surface area contributed by atoms with Gasteiger partial charge in [-0.3, -0.25) is 14.9 Å². The number of hydrogen-bond donors (Lipinski definition) is 3. The van der Waals surface area contributed by atoms with Crippen LogP contribution in [0.3, 0.4) is 0 Å². The van der Waals surface area contributed by atoms with Crippen molar-refractivity contribution in [2.75, 3.05) is 12.4 Å². The lowest BCUT2D eigenvalue weighted by Crippen LogP contribution is -2.16. The average molecular weight is 404 g/mol. The molecule has 0 radical (unpaired) electrons. The van der Waals surface area contributed by atoms with Gasteiger partial charge >= 0.3 is 5.97 Å². The number of ether oxygens (including phenoxy) is 1. The number of halogens is 1. The Labute approximate surface area is 163 Å². The highest BCUT2D eigenvalue weighted by molar-refractivity contribution is 6.31. The Balaban J connectivity index is 1.95. The summed E-state index contributed by atoms with van der Waals surface area (Å²) in [6.45, 7) is 0. The summed E-state index contributed by atoms with van der Waals surface area (Å²) in [7, 11) is 1.36. The van der Waals surface area contributed by atoms with E-state index in [-0.39, 0.29) is 34.8 Å². The third-order valence-corrected chi connectivity index (χ3v) is 4.32. The van der Waals surface area contributed by atoms with E-state index in [2.05, 4.69) is 10.3 Å². The van der Waals surface area contributed by atoms with Crippen LogP contribution in [0.1, 0.15) is 16.1 Å². The van der Waals surface area contributed by atoms with Crippen LogP contribution in [0.5, 0.6) is 5.75 Å². The first-order chi connectivity index (χ1) is 13.3. The molecule has 2 aromatic carbocycles. The van der Waals surface area contributed by atoms with Crippen LogP contribution in [-0.4, -0.2) is 34.0 Å². The molecular formula is C18H14ClN3O6. The molecule has 1 aromatic heterocycles. The quantitative estimate of drug-likeness (QED) is 0.425. The highest BCUT2D eigenvalue weighted by Gasteiger charge is 2.21. The Bertz CT molecular complexity index is 1110. The summed E-state index contributed by atoms with van der Waals surface area (Å²) in [5.41, 5.74) is 0.542. The summed E-state index contributed by atoms with van der Waals surface area (Å²) in [4.78, 5) is 37.2. The van der Waals surface area contributed by atoms with Gasteiger partial charge in [-0.05, 0) is 24.3 Å². The van der Waals surface area contributed by atoms with Gasteiger partial charge in [-0.25, -0.2) is 4.79 Å². The van der Waals surface area contributed by atoms with Gasteiger partial charge < -0.3 is 20.1 Å². The predicted molar refractivity (Wildman–Crippen MR) is 102 cm³/mol. The van der Waals surface area contributed by atoms with Crippen molar-refractivity contribution in [2.45, 2.75) is 6.42 Å². The summed E-state index contributed by atoms with van der Waals surface area (Å²) in [6, 6.07) is 8.57. The maximum atomic E-state index is 12.6. The zero-order valence-corrected chi connectivity index (χ0v) is 15.2. The van der Waals surface area contributed by atoms with Crippen molar-refractivity contribution < 1.29 is 24.4 Å². The fourth-order valence-electron chi connectivity index (χ4n) is 2.85. The number of aromatic carboxylic acids is 1. The molecule has 10 heteroatoms. The number of carboxylic acid groups (broad SMARTS) is 1. The number of fused-ring (bicyclic) bond motifs is 1. The number of aromatic nitrogens is 1. The summed E-state index contributed by atoms with van der Waals surface area (Å²) in [5.74, 6) is -1.55. The molecule has 0 aliphatic rings. The number of aromatic amines is 1. The number of hydrogen-bond acceptors (Lipinski definition) is 5. The number of rotatable bonds is 6. The molecule has 0 aliphatic carbocycles. The van der Waals surface area contributed by atoms with E-state index in [1.165, 1.54) is 25.3 Å². The Morgan fingerprint density at radius 1 is 1.29 bits per heavy atom. The Morgan fingerprint density at radius 2 is 2.04 bits per heavy atom. The lowest BCUT2D eigenvalue weighted by molar-refractivity contribution is -0.384. The Hall–Kier alpha value is -3.59. The van der Waals surface area contributed by atoms with Crippen LogP contribution in [0.15, 0.2) is 36.4 Å². The van der Waals surface area contributed by atoms with Crippen molar-refractivity contribution in [2.24, 2.45) is 0 Å². The van der Waals surface area contributed by atoms with Crippen molar-refractivity contribution in [3.05, 3.63) is 62.8 Å². The molecule has 1 heterocycles. The fraction of sp³-hybridized carbons (Fsp3) is 0.111. The van der Waals surface area contributed by atoms with E-state index in [0.717, 1.165) is 0 Å². The summed E-state index contributed by atoms with van der Waals surface area (Å²) < 4.78 is 5.11. The molecular weight excluding hydrogens is 390 g/mol. The lowest BCUT2D eigenvalue weighted by Gasteiger charge is -2.10. The van der Waals surface area contributed by atoms with Crippen LogP contribution in [0.2, 0.25) is 5.02 Å². The van der Waals surface area contributed by atoms with E-state index < -0.39 is 16.8 Å². The van der Waals surface area contributed by atoms with Crippen molar-refractivity contribution in [1.82, 2.24) is 4.98 Å². The second-order valence-electron chi connectivity index (χ2n) is 5.84. The number of nitrogens with zero attached hydrogens (tertiary/aromatic N) is 1. The smallest absolute Gasteiger partial charge is 0.352 e. The van der Waals surface area contributed by atoms with Gasteiger partial charge in [0.05, 0.1) is 24.1 Å². The van der Waals surface area contributed by atoms with Gasteiger partial charge in [-0.2, -0.15) is 0 Å². The van der Waals surface area contributed by atoms with Crippen LogP contribution in [-0.2, 0) is 11.2 Å². The third-order valence-electron chi connectivity index (χ3n) is 4.09. The lowest BCUT2D eigenvalue weighted by atomic mass is 10.1. The Kier molecular flexibility index (Phi) is 5.18. The van der Waals surface area contributed by atoms with Crippen LogP contribution >= 0.6 is 11.6 Å². The van der Waals surface area contributed by atoms with E-state index in [9.17, 15) is 24.8 Å². The normalized spacial score (nSPS) is 10.6. The molecule has 0 fully saturated rings. The topological polar surface area (TPSA) is 135 Å². The maximum Gasteiger partial charge on any atom is 0.352 e. The number of non-ortho nitro benzene ring substituents is 1. The van der Waals surface area contributed by atoms with Gasteiger partial charge in [-0.1, -0.05) is 11.6 Å². The third kappa shape index (κ3) is 3.74. The van der Waals surface area contributed by atoms with Gasteiger partial charge in [0.25, 0.3) is 5.69 Å². The number of nitro groups is 1. The minimum atomic E-state index is -1.22. The fourth-order valence-corrected chi connectivity index (χ4v) is 3.02.